The second-order valence-corrected chi connectivity index (χ2v) is 5.93. The SMILES string of the molecule is O=C(CCC(=O)Nc1ccccc1)N/N=C/c1c(O)ccc2ccccc12. The lowest BCUT2D eigenvalue weighted by Gasteiger charge is -2.05. The van der Waals surface area contributed by atoms with Gasteiger partial charge in [-0.05, 0) is 29.0 Å². The Hall–Kier alpha value is -3.67. The van der Waals surface area contributed by atoms with Crippen molar-refractivity contribution >= 4 is 34.5 Å². The van der Waals surface area contributed by atoms with Crippen molar-refractivity contribution < 1.29 is 14.7 Å². The van der Waals surface area contributed by atoms with Gasteiger partial charge in [0.2, 0.25) is 11.8 Å². The molecule has 0 aliphatic carbocycles. The molecule has 0 aromatic heterocycles. The maximum atomic E-state index is 11.9. The topological polar surface area (TPSA) is 90.8 Å². The number of fused-ring (bicyclic) bond motifs is 1. The van der Waals surface area contributed by atoms with E-state index in [0.717, 1.165) is 10.8 Å². The fourth-order valence-electron chi connectivity index (χ4n) is 2.62. The van der Waals surface area contributed by atoms with Crippen LogP contribution in [0, 0.1) is 0 Å². The smallest absolute Gasteiger partial charge is 0.240 e. The van der Waals surface area contributed by atoms with Crippen molar-refractivity contribution in [1.82, 2.24) is 5.43 Å². The van der Waals surface area contributed by atoms with Gasteiger partial charge in [0.1, 0.15) is 5.75 Å². The number of carbonyl (C=O) groups is 2. The normalized spacial score (nSPS) is 10.8. The number of aromatic hydroxyl groups is 1. The molecule has 0 fully saturated rings. The van der Waals surface area contributed by atoms with Gasteiger partial charge in [-0.1, -0.05) is 48.5 Å². The Bertz CT molecular complexity index is 984. The zero-order valence-corrected chi connectivity index (χ0v) is 14.6. The summed E-state index contributed by atoms with van der Waals surface area (Å²) in [6.45, 7) is 0. The van der Waals surface area contributed by atoms with Gasteiger partial charge in [0.25, 0.3) is 0 Å². The number of amides is 2. The maximum Gasteiger partial charge on any atom is 0.240 e. The molecule has 6 nitrogen and oxygen atoms in total. The van der Waals surface area contributed by atoms with Crippen molar-refractivity contribution in [2.75, 3.05) is 5.32 Å². The van der Waals surface area contributed by atoms with E-state index in [-0.39, 0.29) is 30.4 Å². The number of anilines is 1. The molecule has 0 spiro atoms. The molecule has 6 heteroatoms. The first kappa shape index (κ1) is 18.1. The Morgan fingerprint density at radius 3 is 2.41 bits per heavy atom. The summed E-state index contributed by atoms with van der Waals surface area (Å²) in [6.07, 6.45) is 1.47. The molecule has 0 saturated carbocycles. The Morgan fingerprint density at radius 1 is 0.889 bits per heavy atom. The molecule has 0 unspecified atom stereocenters. The molecule has 27 heavy (non-hydrogen) atoms. The minimum absolute atomic E-state index is 0.0114. The van der Waals surface area contributed by atoms with Crippen molar-refractivity contribution in [2.45, 2.75) is 12.8 Å². The minimum atomic E-state index is -0.380. The molecule has 0 bridgehead atoms. The number of nitrogens with zero attached hydrogens (tertiary/aromatic N) is 1. The molecule has 136 valence electrons. The standard InChI is InChI=1S/C21H19N3O3/c25-19-11-10-15-6-4-5-9-17(15)18(19)14-22-24-21(27)13-12-20(26)23-16-7-2-1-3-8-16/h1-11,14,25H,12-13H2,(H,23,26)(H,24,27)/b22-14+. The van der Waals surface area contributed by atoms with Crippen molar-refractivity contribution in [3.05, 3.63) is 72.3 Å². The van der Waals surface area contributed by atoms with E-state index in [1.54, 1.807) is 18.2 Å². The third-order valence-electron chi connectivity index (χ3n) is 3.97. The summed E-state index contributed by atoms with van der Waals surface area (Å²) in [5.74, 6) is -0.546. The van der Waals surface area contributed by atoms with Crippen molar-refractivity contribution in [3.8, 4) is 5.75 Å². The van der Waals surface area contributed by atoms with Gasteiger partial charge in [-0.3, -0.25) is 9.59 Å². The van der Waals surface area contributed by atoms with Gasteiger partial charge in [0.15, 0.2) is 0 Å². The summed E-state index contributed by atoms with van der Waals surface area (Å²) in [6, 6.07) is 20.0. The van der Waals surface area contributed by atoms with Crippen LogP contribution in [0.1, 0.15) is 18.4 Å². The summed E-state index contributed by atoms with van der Waals surface area (Å²) < 4.78 is 0. The third-order valence-corrected chi connectivity index (χ3v) is 3.97. The number of hydrogen-bond donors (Lipinski definition) is 3. The average molecular weight is 361 g/mol. The molecular formula is C21H19N3O3. The number of para-hydroxylation sites is 1. The van der Waals surface area contributed by atoms with Gasteiger partial charge >= 0.3 is 0 Å². The zero-order chi connectivity index (χ0) is 19.1. The molecule has 3 N–H and O–H groups in total. The second-order valence-electron chi connectivity index (χ2n) is 5.93. The Balaban J connectivity index is 1.53. The molecule has 0 radical (unpaired) electrons. The van der Waals surface area contributed by atoms with Crippen molar-refractivity contribution in [3.63, 3.8) is 0 Å². The van der Waals surface area contributed by atoms with Gasteiger partial charge < -0.3 is 10.4 Å². The van der Waals surface area contributed by atoms with Crippen LogP contribution in [0.5, 0.6) is 5.75 Å². The van der Waals surface area contributed by atoms with Crippen LogP contribution in [0.3, 0.4) is 0 Å². The number of nitrogens with one attached hydrogen (secondary N) is 2. The van der Waals surface area contributed by atoms with Crippen LogP contribution < -0.4 is 10.7 Å². The lowest BCUT2D eigenvalue weighted by Crippen LogP contribution is -2.20. The molecule has 0 atom stereocenters. The first-order valence-corrected chi connectivity index (χ1v) is 8.51. The summed E-state index contributed by atoms with van der Waals surface area (Å²) in [5.41, 5.74) is 3.59. The number of phenolic OH excluding ortho intramolecular Hbond substituents is 1. The van der Waals surface area contributed by atoms with Crippen LogP contribution >= 0.6 is 0 Å². The summed E-state index contributed by atoms with van der Waals surface area (Å²) >= 11 is 0. The fraction of sp³-hybridized carbons (Fsp3) is 0.0952. The minimum Gasteiger partial charge on any atom is -0.507 e. The number of benzene rings is 3. The number of phenols is 1. The largest absolute Gasteiger partial charge is 0.507 e. The Morgan fingerprint density at radius 2 is 1.59 bits per heavy atom. The average Bonchev–Trinajstić information content (AvgIpc) is 2.69. The number of rotatable bonds is 6. The van der Waals surface area contributed by atoms with Gasteiger partial charge in [0.05, 0.1) is 6.21 Å². The van der Waals surface area contributed by atoms with E-state index in [4.69, 9.17) is 0 Å². The van der Waals surface area contributed by atoms with Crippen LogP contribution in [-0.2, 0) is 9.59 Å². The van der Waals surface area contributed by atoms with E-state index in [2.05, 4.69) is 15.8 Å². The van der Waals surface area contributed by atoms with Crippen molar-refractivity contribution in [1.29, 1.82) is 0 Å². The fourth-order valence-corrected chi connectivity index (χ4v) is 2.62. The highest BCUT2D eigenvalue weighted by molar-refractivity contribution is 6.02. The highest BCUT2D eigenvalue weighted by Crippen LogP contribution is 2.25. The van der Waals surface area contributed by atoms with Crippen LogP contribution in [0.2, 0.25) is 0 Å². The predicted molar refractivity (Wildman–Crippen MR) is 106 cm³/mol. The van der Waals surface area contributed by atoms with Crippen LogP contribution in [0.25, 0.3) is 10.8 Å². The molecule has 0 saturated heterocycles. The highest BCUT2D eigenvalue weighted by Gasteiger charge is 2.07. The second kappa shape index (κ2) is 8.62. The summed E-state index contributed by atoms with van der Waals surface area (Å²) in [5, 5.41) is 18.4. The van der Waals surface area contributed by atoms with E-state index in [9.17, 15) is 14.7 Å². The van der Waals surface area contributed by atoms with Crippen molar-refractivity contribution in [2.24, 2.45) is 5.10 Å². The van der Waals surface area contributed by atoms with E-state index >= 15 is 0 Å². The monoisotopic (exact) mass is 361 g/mol. The number of hydrogen-bond acceptors (Lipinski definition) is 4. The van der Waals surface area contributed by atoms with Crippen LogP contribution in [0.15, 0.2) is 71.8 Å². The Kier molecular flexibility index (Phi) is 5.79. The van der Waals surface area contributed by atoms with Crippen LogP contribution in [-0.4, -0.2) is 23.1 Å². The van der Waals surface area contributed by atoms with Crippen LogP contribution in [0.4, 0.5) is 5.69 Å². The molecule has 3 rings (SSSR count). The molecule has 3 aromatic rings. The molecule has 3 aromatic carbocycles. The van der Waals surface area contributed by atoms with E-state index < -0.39 is 0 Å². The quantitative estimate of drug-likeness (QED) is 0.464. The summed E-state index contributed by atoms with van der Waals surface area (Å²) in [7, 11) is 0. The zero-order valence-electron chi connectivity index (χ0n) is 14.6. The highest BCUT2D eigenvalue weighted by atomic mass is 16.3. The molecule has 2 amide bonds. The number of hydrazone groups is 1. The lowest BCUT2D eigenvalue weighted by atomic mass is 10.0. The molecule has 0 aliphatic heterocycles. The summed E-state index contributed by atoms with van der Waals surface area (Å²) in [4.78, 5) is 23.7. The predicted octanol–water partition coefficient (Wildman–Crippen LogP) is 3.41. The first-order valence-electron chi connectivity index (χ1n) is 8.51. The van der Waals surface area contributed by atoms with Gasteiger partial charge in [0, 0.05) is 24.1 Å². The van der Waals surface area contributed by atoms with Gasteiger partial charge in [-0.15, -0.1) is 0 Å². The van der Waals surface area contributed by atoms with E-state index in [1.807, 2.05) is 48.5 Å². The van der Waals surface area contributed by atoms with Gasteiger partial charge in [-0.25, -0.2) is 5.43 Å². The Labute approximate surface area is 156 Å². The third kappa shape index (κ3) is 4.92. The number of carbonyl (C=O) groups excluding carboxylic acids is 2. The maximum absolute atomic E-state index is 11.9. The van der Waals surface area contributed by atoms with Gasteiger partial charge in [-0.2, -0.15) is 5.10 Å². The first-order chi connectivity index (χ1) is 13.1. The lowest BCUT2D eigenvalue weighted by molar-refractivity contribution is -0.124. The molecular weight excluding hydrogens is 342 g/mol. The van der Waals surface area contributed by atoms with E-state index in [0.29, 0.717) is 11.3 Å². The molecule has 0 heterocycles. The van der Waals surface area contributed by atoms with E-state index in [1.165, 1.54) is 6.21 Å². The molecule has 0 aliphatic rings.